The summed E-state index contributed by atoms with van der Waals surface area (Å²) in [4.78, 5) is 2.63. The van der Waals surface area contributed by atoms with Crippen molar-refractivity contribution in [2.45, 2.75) is 31.8 Å². The number of hydrogen-bond donors (Lipinski definition) is 1. The summed E-state index contributed by atoms with van der Waals surface area (Å²) in [6.07, 6.45) is 2.47. The average molecular weight is 246 g/mol. The zero-order chi connectivity index (χ0) is 12.5. The second kappa shape index (κ2) is 4.90. The van der Waals surface area contributed by atoms with E-state index in [1.807, 2.05) is 0 Å². The van der Waals surface area contributed by atoms with Crippen LogP contribution in [0.1, 0.15) is 30.5 Å². The molecule has 1 aromatic carbocycles. The first-order chi connectivity index (χ1) is 8.78. The molecule has 3 nitrogen and oxygen atoms in total. The normalized spacial score (nSPS) is 28.1. The molecule has 0 radical (unpaired) electrons. The van der Waals surface area contributed by atoms with Crippen LogP contribution >= 0.6 is 0 Å². The molecule has 1 aromatic rings. The number of aryl methyl sites for hydroxylation is 1. The molecular formula is C15H22N2O. The molecule has 2 aliphatic rings. The average Bonchev–Trinajstić information content (AvgIpc) is 2.81. The summed E-state index contributed by atoms with van der Waals surface area (Å²) in [5.41, 5.74) is 3.00. The number of nitrogens with zero attached hydrogens (tertiary/aromatic N) is 1. The zero-order valence-corrected chi connectivity index (χ0v) is 11.3. The third kappa shape index (κ3) is 2.13. The summed E-state index contributed by atoms with van der Waals surface area (Å²) in [5, 5.41) is 3.52. The number of hydrogen-bond acceptors (Lipinski definition) is 3. The van der Waals surface area contributed by atoms with Crippen LogP contribution in [0.3, 0.4) is 0 Å². The fourth-order valence-corrected chi connectivity index (χ4v) is 3.31. The molecule has 2 atom stereocenters. The Hall–Kier alpha value is -1.06. The lowest BCUT2D eigenvalue weighted by molar-refractivity contribution is 0.148. The van der Waals surface area contributed by atoms with Crippen molar-refractivity contribution >= 4 is 0 Å². The fraction of sp³-hybridized carbons (Fsp3) is 0.600. The van der Waals surface area contributed by atoms with Gasteiger partial charge in [-0.1, -0.05) is 6.07 Å². The first-order valence-electron chi connectivity index (χ1n) is 6.92. The molecule has 0 bridgehead atoms. The molecule has 3 rings (SSSR count). The number of benzene rings is 1. The Morgan fingerprint density at radius 1 is 1.39 bits per heavy atom. The van der Waals surface area contributed by atoms with Crippen LogP contribution in [0.25, 0.3) is 0 Å². The lowest BCUT2D eigenvalue weighted by atomic mass is 10.0. The molecule has 2 unspecified atom stereocenters. The minimum atomic E-state index is 0.597. The van der Waals surface area contributed by atoms with E-state index < -0.39 is 0 Å². The van der Waals surface area contributed by atoms with E-state index in [1.165, 1.54) is 24.0 Å². The topological polar surface area (TPSA) is 24.5 Å². The van der Waals surface area contributed by atoms with Gasteiger partial charge < -0.3 is 10.1 Å². The van der Waals surface area contributed by atoms with Crippen molar-refractivity contribution in [1.29, 1.82) is 0 Å². The smallest absolute Gasteiger partial charge is 0.119 e. The van der Waals surface area contributed by atoms with Gasteiger partial charge in [0, 0.05) is 31.7 Å². The molecule has 1 aliphatic heterocycles. The molecule has 18 heavy (non-hydrogen) atoms. The van der Waals surface area contributed by atoms with Crippen LogP contribution in [0.2, 0.25) is 0 Å². The van der Waals surface area contributed by atoms with Gasteiger partial charge in [-0.3, -0.25) is 4.90 Å². The van der Waals surface area contributed by atoms with Gasteiger partial charge in [-0.25, -0.2) is 0 Å². The standard InChI is InChI=1S/C15H22N2O/c1-11-10-17(8-7-16-11)15-6-4-12-3-5-13(18-2)9-14(12)15/h3,5,9,11,15-16H,4,6-8,10H2,1-2H3. The fourth-order valence-electron chi connectivity index (χ4n) is 3.31. The van der Waals surface area contributed by atoms with Gasteiger partial charge in [0.25, 0.3) is 0 Å². The zero-order valence-electron chi connectivity index (χ0n) is 11.3. The molecular weight excluding hydrogens is 224 g/mol. The number of rotatable bonds is 2. The Labute approximate surface area is 109 Å². The third-order valence-corrected chi connectivity index (χ3v) is 4.24. The Balaban J connectivity index is 1.84. The maximum atomic E-state index is 5.37. The van der Waals surface area contributed by atoms with E-state index in [0.29, 0.717) is 12.1 Å². The maximum absolute atomic E-state index is 5.37. The molecule has 0 amide bonds. The van der Waals surface area contributed by atoms with Gasteiger partial charge in [0.1, 0.15) is 5.75 Å². The number of nitrogens with one attached hydrogen (secondary N) is 1. The quantitative estimate of drug-likeness (QED) is 0.863. The van der Waals surface area contributed by atoms with Gasteiger partial charge in [-0.2, -0.15) is 0 Å². The molecule has 3 heteroatoms. The predicted molar refractivity (Wildman–Crippen MR) is 73.1 cm³/mol. The number of piperazine rings is 1. The van der Waals surface area contributed by atoms with E-state index in [0.717, 1.165) is 25.4 Å². The largest absolute Gasteiger partial charge is 0.497 e. The SMILES string of the molecule is COc1ccc2c(c1)C(N1CCNC(C)C1)CC2. The molecule has 1 saturated heterocycles. The van der Waals surface area contributed by atoms with Gasteiger partial charge in [0.15, 0.2) is 0 Å². The molecule has 1 fully saturated rings. The second-order valence-corrected chi connectivity index (χ2v) is 5.47. The van der Waals surface area contributed by atoms with Gasteiger partial charge in [-0.15, -0.1) is 0 Å². The minimum Gasteiger partial charge on any atom is -0.497 e. The van der Waals surface area contributed by atoms with Crippen LogP contribution in [-0.2, 0) is 6.42 Å². The molecule has 1 aliphatic carbocycles. The van der Waals surface area contributed by atoms with Crippen LogP contribution in [0.4, 0.5) is 0 Å². The lowest BCUT2D eigenvalue weighted by Gasteiger charge is -2.36. The van der Waals surface area contributed by atoms with Crippen molar-refractivity contribution < 1.29 is 4.74 Å². The van der Waals surface area contributed by atoms with E-state index in [4.69, 9.17) is 4.74 Å². The van der Waals surface area contributed by atoms with Crippen LogP contribution in [0.5, 0.6) is 5.75 Å². The number of ether oxygens (including phenoxy) is 1. The summed E-state index contributed by atoms with van der Waals surface area (Å²) < 4.78 is 5.37. The molecule has 0 spiro atoms. The van der Waals surface area contributed by atoms with Crippen LogP contribution in [0, 0.1) is 0 Å². The highest BCUT2D eigenvalue weighted by Gasteiger charge is 2.30. The van der Waals surface area contributed by atoms with Crippen molar-refractivity contribution in [3.8, 4) is 5.75 Å². The van der Waals surface area contributed by atoms with E-state index in [9.17, 15) is 0 Å². The highest BCUT2D eigenvalue weighted by atomic mass is 16.5. The van der Waals surface area contributed by atoms with Gasteiger partial charge in [0.2, 0.25) is 0 Å². The third-order valence-electron chi connectivity index (χ3n) is 4.24. The molecule has 0 aromatic heterocycles. The molecule has 0 saturated carbocycles. The molecule has 1 N–H and O–H groups in total. The molecule has 1 heterocycles. The monoisotopic (exact) mass is 246 g/mol. The highest BCUT2D eigenvalue weighted by Crippen LogP contribution is 2.38. The summed E-state index contributed by atoms with van der Waals surface area (Å²) >= 11 is 0. The Kier molecular flexibility index (Phi) is 3.27. The van der Waals surface area contributed by atoms with Crippen molar-refractivity contribution in [2.75, 3.05) is 26.7 Å². The first-order valence-corrected chi connectivity index (χ1v) is 6.92. The summed E-state index contributed by atoms with van der Waals surface area (Å²) in [6, 6.07) is 7.76. The summed E-state index contributed by atoms with van der Waals surface area (Å²) in [7, 11) is 1.75. The van der Waals surface area contributed by atoms with Crippen LogP contribution < -0.4 is 10.1 Å². The second-order valence-electron chi connectivity index (χ2n) is 5.47. The summed E-state index contributed by atoms with van der Waals surface area (Å²) in [6.45, 7) is 5.69. The lowest BCUT2D eigenvalue weighted by Crippen LogP contribution is -2.49. The van der Waals surface area contributed by atoms with E-state index >= 15 is 0 Å². The first kappa shape index (κ1) is 12.0. The van der Waals surface area contributed by atoms with Crippen molar-refractivity contribution in [1.82, 2.24) is 10.2 Å². The predicted octanol–water partition coefficient (Wildman–Crippen LogP) is 1.98. The minimum absolute atomic E-state index is 0.597. The van der Waals surface area contributed by atoms with Crippen molar-refractivity contribution in [3.05, 3.63) is 29.3 Å². The van der Waals surface area contributed by atoms with Crippen molar-refractivity contribution in [3.63, 3.8) is 0 Å². The van der Waals surface area contributed by atoms with Crippen molar-refractivity contribution in [2.24, 2.45) is 0 Å². The maximum Gasteiger partial charge on any atom is 0.119 e. The Morgan fingerprint density at radius 3 is 3.06 bits per heavy atom. The molecule has 98 valence electrons. The van der Waals surface area contributed by atoms with E-state index in [2.05, 4.69) is 35.3 Å². The van der Waals surface area contributed by atoms with Crippen LogP contribution in [0.15, 0.2) is 18.2 Å². The Bertz CT molecular complexity index is 433. The summed E-state index contributed by atoms with van der Waals surface area (Å²) in [5.74, 6) is 0.990. The Morgan fingerprint density at radius 2 is 2.28 bits per heavy atom. The van der Waals surface area contributed by atoms with E-state index in [-0.39, 0.29) is 0 Å². The number of fused-ring (bicyclic) bond motifs is 1. The van der Waals surface area contributed by atoms with Gasteiger partial charge >= 0.3 is 0 Å². The van der Waals surface area contributed by atoms with Gasteiger partial charge in [0.05, 0.1) is 7.11 Å². The highest BCUT2D eigenvalue weighted by molar-refractivity contribution is 5.40. The number of methoxy groups -OCH3 is 1. The van der Waals surface area contributed by atoms with Gasteiger partial charge in [-0.05, 0) is 43.0 Å². The van der Waals surface area contributed by atoms with E-state index in [1.54, 1.807) is 7.11 Å². The van der Waals surface area contributed by atoms with Crippen LogP contribution in [-0.4, -0.2) is 37.7 Å².